The molecule has 0 bridgehead atoms. The first kappa shape index (κ1) is 30.3. The Bertz CT molecular complexity index is 1050. The first-order valence-electron chi connectivity index (χ1n) is 12.1. The minimum atomic E-state index is -0.645. The van der Waals surface area contributed by atoms with E-state index in [4.69, 9.17) is 28.4 Å². The molecule has 8 heteroatoms. The summed E-state index contributed by atoms with van der Waals surface area (Å²) in [5.74, 6) is 0.113. The summed E-state index contributed by atoms with van der Waals surface area (Å²) in [6, 6.07) is 11.1. The van der Waals surface area contributed by atoms with E-state index < -0.39 is 24.1 Å². The van der Waals surface area contributed by atoms with Crippen molar-refractivity contribution >= 4 is 22.7 Å². The summed E-state index contributed by atoms with van der Waals surface area (Å²) >= 11 is 0. The third kappa shape index (κ3) is 9.88. The van der Waals surface area contributed by atoms with Crippen LogP contribution in [0.5, 0.6) is 11.5 Å². The number of hydrogen-bond acceptors (Lipinski definition) is 8. The fraction of sp³-hybridized carbons (Fsp3) is 0.333. The molecule has 0 amide bonds. The minimum Gasteiger partial charge on any atom is -0.489 e. The summed E-state index contributed by atoms with van der Waals surface area (Å²) in [5, 5.41) is 1.58. The van der Waals surface area contributed by atoms with Gasteiger partial charge in [0.05, 0.1) is 26.4 Å². The third-order valence-electron chi connectivity index (χ3n) is 5.01. The van der Waals surface area contributed by atoms with Crippen molar-refractivity contribution in [3.8, 4) is 11.5 Å². The van der Waals surface area contributed by atoms with Crippen LogP contribution in [-0.2, 0) is 28.5 Å². The van der Waals surface area contributed by atoms with E-state index in [0.29, 0.717) is 24.7 Å². The van der Waals surface area contributed by atoms with Gasteiger partial charge in [-0.1, -0.05) is 49.6 Å². The zero-order valence-electron chi connectivity index (χ0n) is 22.1. The van der Waals surface area contributed by atoms with Crippen molar-refractivity contribution in [2.45, 2.75) is 26.1 Å². The highest BCUT2D eigenvalue weighted by molar-refractivity contribution is 5.93. The van der Waals surface area contributed by atoms with E-state index in [1.165, 1.54) is 0 Å². The molecule has 38 heavy (non-hydrogen) atoms. The van der Waals surface area contributed by atoms with Crippen LogP contribution in [0.25, 0.3) is 10.8 Å². The monoisotopic (exact) mass is 524 g/mol. The van der Waals surface area contributed by atoms with Crippen LogP contribution in [0.3, 0.4) is 0 Å². The fourth-order valence-electron chi connectivity index (χ4n) is 3.17. The normalized spacial score (nSPS) is 12.2. The van der Waals surface area contributed by atoms with Crippen LogP contribution in [0.4, 0.5) is 0 Å². The molecule has 0 saturated heterocycles. The molecule has 2 aromatic carbocycles. The number of fused-ring (bicyclic) bond motifs is 1. The maximum atomic E-state index is 12.0. The van der Waals surface area contributed by atoms with Crippen LogP contribution in [0.15, 0.2) is 86.0 Å². The second-order valence-corrected chi connectivity index (χ2v) is 8.50. The van der Waals surface area contributed by atoms with Gasteiger partial charge in [-0.15, -0.1) is 13.2 Å². The van der Waals surface area contributed by atoms with E-state index in [1.807, 2.05) is 36.4 Å². The molecule has 0 fully saturated rings. The maximum absolute atomic E-state index is 12.0. The van der Waals surface area contributed by atoms with E-state index in [0.717, 1.165) is 10.8 Å². The molecule has 0 radical (unpaired) electrons. The Morgan fingerprint density at radius 1 is 0.711 bits per heavy atom. The molecule has 2 unspecified atom stereocenters. The predicted molar refractivity (Wildman–Crippen MR) is 146 cm³/mol. The molecule has 0 saturated carbocycles. The molecule has 0 aliphatic rings. The first-order chi connectivity index (χ1) is 18.3. The zero-order valence-corrected chi connectivity index (χ0v) is 22.1. The number of ether oxygens (including phenoxy) is 6. The van der Waals surface area contributed by atoms with Gasteiger partial charge in [0.25, 0.3) is 0 Å². The van der Waals surface area contributed by atoms with E-state index in [1.54, 1.807) is 26.0 Å². The molecule has 0 aliphatic carbocycles. The molecule has 0 N–H and O–H groups in total. The van der Waals surface area contributed by atoms with E-state index in [-0.39, 0.29) is 37.6 Å². The van der Waals surface area contributed by atoms with E-state index in [2.05, 4.69) is 26.3 Å². The zero-order chi connectivity index (χ0) is 27.9. The lowest BCUT2D eigenvalue weighted by Gasteiger charge is -2.20. The van der Waals surface area contributed by atoms with Crippen LogP contribution >= 0.6 is 0 Å². The largest absolute Gasteiger partial charge is 0.489 e. The van der Waals surface area contributed by atoms with Gasteiger partial charge in [0, 0.05) is 21.9 Å². The van der Waals surface area contributed by atoms with Crippen molar-refractivity contribution in [2.75, 3.05) is 39.6 Å². The Kier molecular flexibility index (Phi) is 12.8. The van der Waals surface area contributed by atoms with Crippen molar-refractivity contribution in [1.82, 2.24) is 0 Å². The van der Waals surface area contributed by atoms with Crippen LogP contribution < -0.4 is 9.47 Å². The Morgan fingerprint density at radius 3 is 1.45 bits per heavy atom. The molecule has 0 spiro atoms. The highest BCUT2D eigenvalue weighted by Gasteiger charge is 2.19. The Morgan fingerprint density at radius 2 is 1.11 bits per heavy atom. The number of esters is 2. The number of hydrogen-bond donors (Lipinski definition) is 0. The maximum Gasteiger partial charge on any atom is 0.333 e. The van der Waals surface area contributed by atoms with Gasteiger partial charge in [-0.25, -0.2) is 9.59 Å². The summed E-state index contributed by atoms with van der Waals surface area (Å²) in [4.78, 5) is 24.1. The molecule has 2 rings (SSSR count). The molecule has 0 aliphatic heterocycles. The molecular formula is C30H36O8. The fourth-order valence-corrected chi connectivity index (χ4v) is 3.17. The van der Waals surface area contributed by atoms with Gasteiger partial charge in [0.2, 0.25) is 0 Å². The lowest BCUT2D eigenvalue weighted by atomic mass is 10.1. The van der Waals surface area contributed by atoms with E-state index >= 15 is 0 Å². The molecule has 2 aromatic rings. The highest BCUT2D eigenvalue weighted by Crippen LogP contribution is 2.32. The summed E-state index contributed by atoms with van der Waals surface area (Å²) in [6.45, 7) is 18.7. The van der Waals surface area contributed by atoms with Gasteiger partial charge in [-0.2, -0.15) is 0 Å². The molecule has 2 atom stereocenters. The lowest BCUT2D eigenvalue weighted by molar-refractivity contribution is -0.149. The van der Waals surface area contributed by atoms with Crippen LogP contribution in [0.2, 0.25) is 0 Å². The summed E-state index contributed by atoms with van der Waals surface area (Å²) in [6.07, 6.45) is 1.93. The first-order valence-corrected chi connectivity index (χ1v) is 12.1. The smallest absolute Gasteiger partial charge is 0.333 e. The van der Waals surface area contributed by atoms with Gasteiger partial charge in [-0.05, 0) is 26.0 Å². The average molecular weight is 525 g/mol. The number of carbonyl (C=O) groups excluding carboxylic acids is 2. The van der Waals surface area contributed by atoms with Crippen molar-refractivity contribution in [3.05, 3.63) is 86.0 Å². The topological polar surface area (TPSA) is 89.5 Å². The minimum absolute atomic E-state index is 0.0694. The molecule has 8 nitrogen and oxygen atoms in total. The van der Waals surface area contributed by atoms with Crippen LogP contribution in [0, 0.1) is 0 Å². The molecule has 0 aromatic heterocycles. The SMILES string of the molecule is C=CCOCC(COc1cccc2c(OCC(COCC=C)OC(=O)C(=C)C)cccc12)OC(=O)C(=C)C. The molecule has 0 heterocycles. The van der Waals surface area contributed by atoms with Crippen molar-refractivity contribution in [1.29, 1.82) is 0 Å². The van der Waals surface area contributed by atoms with Gasteiger partial charge >= 0.3 is 11.9 Å². The summed E-state index contributed by atoms with van der Waals surface area (Å²) < 4.78 is 33.9. The standard InChI is InChI=1S/C30H36O8/c1-7-15-33-17-23(37-29(31)21(3)4)19-35-27-13-9-12-26-25(27)11-10-14-28(26)36-20-24(18-34-16-8-2)38-30(32)22(5)6/h7-14,23-24H,1-3,5,15-20H2,4,6H3. The Hall–Kier alpha value is -3.88. The predicted octanol–water partition coefficient (Wildman–Crippen LogP) is 4.98. The molecule has 204 valence electrons. The number of carbonyl (C=O) groups is 2. The molecular weight excluding hydrogens is 488 g/mol. The average Bonchev–Trinajstić information content (AvgIpc) is 2.90. The Labute approximate surface area is 224 Å². The number of rotatable bonds is 18. The lowest BCUT2D eigenvalue weighted by Crippen LogP contribution is -2.30. The van der Waals surface area contributed by atoms with Crippen molar-refractivity contribution < 1.29 is 38.0 Å². The van der Waals surface area contributed by atoms with Crippen LogP contribution in [0.1, 0.15) is 13.8 Å². The van der Waals surface area contributed by atoms with Gasteiger partial charge < -0.3 is 28.4 Å². The van der Waals surface area contributed by atoms with Gasteiger partial charge in [0.1, 0.15) is 24.7 Å². The van der Waals surface area contributed by atoms with Crippen LogP contribution in [-0.4, -0.2) is 63.8 Å². The highest BCUT2D eigenvalue weighted by atomic mass is 16.6. The Balaban J connectivity index is 2.16. The quantitative estimate of drug-likeness (QED) is 0.117. The van der Waals surface area contributed by atoms with Crippen molar-refractivity contribution in [2.24, 2.45) is 0 Å². The van der Waals surface area contributed by atoms with E-state index in [9.17, 15) is 9.59 Å². The van der Waals surface area contributed by atoms with Gasteiger partial charge in [-0.3, -0.25) is 0 Å². The van der Waals surface area contributed by atoms with Crippen molar-refractivity contribution in [3.63, 3.8) is 0 Å². The third-order valence-corrected chi connectivity index (χ3v) is 5.01. The second-order valence-electron chi connectivity index (χ2n) is 8.50. The summed E-state index contributed by atoms with van der Waals surface area (Å²) in [7, 11) is 0. The second kappa shape index (κ2) is 16.1. The van der Waals surface area contributed by atoms with Gasteiger partial charge in [0.15, 0.2) is 12.2 Å². The summed E-state index contributed by atoms with van der Waals surface area (Å²) in [5.41, 5.74) is 0.570. The number of benzene rings is 2.